The van der Waals surface area contributed by atoms with Gasteiger partial charge in [0.2, 0.25) is 0 Å². The van der Waals surface area contributed by atoms with Crippen LogP contribution in [0, 0.1) is 0 Å². The summed E-state index contributed by atoms with van der Waals surface area (Å²) in [6, 6.07) is 7.63. The maximum Gasteiger partial charge on any atom is 0.303 e. The second kappa shape index (κ2) is 7.68. The Morgan fingerprint density at radius 3 is 2.61 bits per heavy atom. The van der Waals surface area contributed by atoms with E-state index in [4.69, 9.17) is 9.84 Å². The van der Waals surface area contributed by atoms with E-state index in [1.54, 1.807) is 7.11 Å². The Bertz CT molecular complexity index is 364. The fourth-order valence-corrected chi connectivity index (χ4v) is 1.52. The monoisotopic (exact) mass is 253 g/mol. The number of ether oxygens (including phenoxy) is 1. The fraction of sp³-hybridized carbons (Fsp3) is 0.462. The molecule has 0 amide bonds. The van der Waals surface area contributed by atoms with Gasteiger partial charge in [0, 0.05) is 19.5 Å². The standard InChI is InChI=1S/C13H19NO4/c1-18-12-5-2-10(3-6-12)8-14-9-11(15)4-7-13(16)17/h2-3,5-6,11,14-15H,4,7-9H2,1H3,(H,16,17). The minimum atomic E-state index is -0.885. The molecule has 0 spiro atoms. The second-order valence-corrected chi connectivity index (χ2v) is 4.07. The van der Waals surface area contributed by atoms with Gasteiger partial charge in [-0.1, -0.05) is 12.1 Å². The molecular formula is C13H19NO4. The van der Waals surface area contributed by atoms with Crippen molar-refractivity contribution in [3.05, 3.63) is 29.8 Å². The van der Waals surface area contributed by atoms with Crippen LogP contribution in [0.25, 0.3) is 0 Å². The minimum absolute atomic E-state index is 0.00855. The molecule has 0 radical (unpaired) electrons. The van der Waals surface area contributed by atoms with Gasteiger partial charge in [-0.15, -0.1) is 0 Å². The van der Waals surface area contributed by atoms with Gasteiger partial charge in [0.15, 0.2) is 0 Å². The molecule has 3 N–H and O–H groups in total. The Morgan fingerprint density at radius 1 is 1.39 bits per heavy atom. The van der Waals surface area contributed by atoms with Crippen molar-refractivity contribution < 1.29 is 19.7 Å². The first-order chi connectivity index (χ1) is 8.61. The first-order valence-electron chi connectivity index (χ1n) is 5.85. The van der Waals surface area contributed by atoms with E-state index in [2.05, 4.69) is 5.32 Å². The lowest BCUT2D eigenvalue weighted by molar-refractivity contribution is -0.137. The predicted molar refractivity (Wildman–Crippen MR) is 67.6 cm³/mol. The maximum atomic E-state index is 10.3. The third-order valence-electron chi connectivity index (χ3n) is 2.56. The molecule has 5 heteroatoms. The van der Waals surface area contributed by atoms with Crippen LogP contribution in [-0.4, -0.2) is 35.9 Å². The van der Waals surface area contributed by atoms with Gasteiger partial charge in [-0.3, -0.25) is 4.79 Å². The van der Waals surface area contributed by atoms with E-state index < -0.39 is 12.1 Å². The quantitative estimate of drug-likeness (QED) is 0.644. The molecule has 0 aliphatic rings. The molecule has 0 saturated carbocycles. The molecule has 0 saturated heterocycles. The van der Waals surface area contributed by atoms with Crippen molar-refractivity contribution in [2.75, 3.05) is 13.7 Å². The summed E-state index contributed by atoms with van der Waals surface area (Å²) in [5, 5.41) is 21.1. The summed E-state index contributed by atoms with van der Waals surface area (Å²) in [6.07, 6.45) is -0.365. The van der Waals surface area contributed by atoms with E-state index in [9.17, 15) is 9.90 Å². The molecule has 1 aromatic carbocycles. The zero-order valence-electron chi connectivity index (χ0n) is 10.4. The van der Waals surface area contributed by atoms with Crippen molar-refractivity contribution in [1.82, 2.24) is 5.32 Å². The Balaban J connectivity index is 2.22. The summed E-state index contributed by atoms with van der Waals surface area (Å²) in [5.41, 5.74) is 1.08. The number of aliphatic carboxylic acids is 1. The zero-order chi connectivity index (χ0) is 13.4. The topological polar surface area (TPSA) is 78.8 Å². The summed E-state index contributed by atoms with van der Waals surface area (Å²) >= 11 is 0. The number of aliphatic hydroxyl groups excluding tert-OH is 1. The van der Waals surface area contributed by atoms with Gasteiger partial charge in [-0.25, -0.2) is 0 Å². The van der Waals surface area contributed by atoms with Gasteiger partial charge < -0.3 is 20.3 Å². The highest BCUT2D eigenvalue weighted by Crippen LogP contribution is 2.10. The Morgan fingerprint density at radius 2 is 2.06 bits per heavy atom. The van der Waals surface area contributed by atoms with Crippen molar-refractivity contribution in [2.45, 2.75) is 25.5 Å². The van der Waals surface area contributed by atoms with Crippen LogP contribution in [0.1, 0.15) is 18.4 Å². The third kappa shape index (κ3) is 5.65. The number of aliphatic hydroxyl groups is 1. The van der Waals surface area contributed by atoms with E-state index in [0.717, 1.165) is 11.3 Å². The second-order valence-electron chi connectivity index (χ2n) is 4.07. The fourth-order valence-electron chi connectivity index (χ4n) is 1.52. The summed E-state index contributed by atoms with van der Waals surface area (Å²) in [7, 11) is 1.62. The maximum absolute atomic E-state index is 10.3. The van der Waals surface area contributed by atoms with E-state index in [1.165, 1.54) is 0 Å². The molecule has 18 heavy (non-hydrogen) atoms. The minimum Gasteiger partial charge on any atom is -0.497 e. The molecule has 0 aromatic heterocycles. The molecule has 0 bridgehead atoms. The number of benzene rings is 1. The van der Waals surface area contributed by atoms with Crippen molar-refractivity contribution >= 4 is 5.97 Å². The molecule has 1 atom stereocenters. The SMILES string of the molecule is COc1ccc(CNCC(O)CCC(=O)O)cc1. The van der Waals surface area contributed by atoms with Gasteiger partial charge in [0.05, 0.1) is 13.2 Å². The van der Waals surface area contributed by atoms with Crippen LogP contribution in [0.15, 0.2) is 24.3 Å². The Labute approximate surface area is 106 Å². The number of rotatable bonds is 8. The van der Waals surface area contributed by atoms with Crippen LogP contribution in [-0.2, 0) is 11.3 Å². The number of nitrogens with one attached hydrogen (secondary N) is 1. The number of methoxy groups -OCH3 is 1. The van der Waals surface area contributed by atoms with Crippen molar-refractivity contribution in [3.8, 4) is 5.75 Å². The molecule has 0 fully saturated rings. The molecule has 0 heterocycles. The van der Waals surface area contributed by atoms with E-state index in [-0.39, 0.29) is 12.8 Å². The first-order valence-corrected chi connectivity index (χ1v) is 5.85. The van der Waals surface area contributed by atoms with Crippen molar-refractivity contribution in [2.24, 2.45) is 0 Å². The lowest BCUT2D eigenvalue weighted by atomic mass is 10.2. The molecule has 1 aromatic rings. The van der Waals surface area contributed by atoms with E-state index in [0.29, 0.717) is 13.1 Å². The zero-order valence-corrected chi connectivity index (χ0v) is 10.4. The van der Waals surface area contributed by atoms with Crippen LogP contribution < -0.4 is 10.1 Å². The average molecular weight is 253 g/mol. The summed E-state index contributed by atoms with van der Waals surface area (Å²) < 4.78 is 5.05. The van der Waals surface area contributed by atoms with Crippen LogP contribution in [0.4, 0.5) is 0 Å². The normalized spacial score (nSPS) is 12.1. The molecule has 100 valence electrons. The van der Waals surface area contributed by atoms with Crippen LogP contribution in [0.3, 0.4) is 0 Å². The van der Waals surface area contributed by atoms with Gasteiger partial charge in [0.25, 0.3) is 0 Å². The lowest BCUT2D eigenvalue weighted by Crippen LogP contribution is -2.26. The molecule has 1 rings (SSSR count). The molecule has 0 aliphatic heterocycles. The highest BCUT2D eigenvalue weighted by atomic mass is 16.5. The first kappa shape index (κ1) is 14.5. The molecule has 5 nitrogen and oxygen atoms in total. The lowest BCUT2D eigenvalue weighted by Gasteiger charge is -2.10. The van der Waals surface area contributed by atoms with E-state index >= 15 is 0 Å². The average Bonchev–Trinajstić information content (AvgIpc) is 2.37. The van der Waals surface area contributed by atoms with Crippen molar-refractivity contribution in [1.29, 1.82) is 0 Å². The Hall–Kier alpha value is -1.59. The summed E-state index contributed by atoms with van der Waals surface area (Å²) in [5.74, 6) is -0.0792. The Kier molecular flexibility index (Phi) is 6.18. The largest absolute Gasteiger partial charge is 0.497 e. The van der Waals surface area contributed by atoms with Gasteiger partial charge >= 0.3 is 5.97 Å². The third-order valence-corrected chi connectivity index (χ3v) is 2.56. The summed E-state index contributed by atoms with van der Waals surface area (Å²) in [6.45, 7) is 1.02. The number of hydrogen-bond acceptors (Lipinski definition) is 4. The van der Waals surface area contributed by atoms with Gasteiger partial charge in [-0.2, -0.15) is 0 Å². The van der Waals surface area contributed by atoms with Crippen LogP contribution in [0.5, 0.6) is 5.75 Å². The smallest absolute Gasteiger partial charge is 0.303 e. The van der Waals surface area contributed by atoms with Gasteiger partial charge in [-0.05, 0) is 24.1 Å². The van der Waals surface area contributed by atoms with E-state index in [1.807, 2.05) is 24.3 Å². The molecular weight excluding hydrogens is 234 g/mol. The number of carboxylic acid groups (broad SMARTS) is 1. The molecule has 0 aliphatic carbocycles. The van der Waals surface area contributed by atoms with Gasteiger partial charge in [0.1, 0.15) is 5.75 Å². The highest BCUT2D eigenvalue weighted by Gasteiger charge is 2.06. The summed E-state index contributed by atoms with van der Waals surface area (Å²) in [4.78, 5) is 10.3. The van der Waals surface area contributed by atoms with Crippen molar-refractivity contribution in [3.63, 3.8) is 0 Å². The number of carbonyl (C=O) groups is 1. The number of hydrogen-bond donors (Lipinski definition) is 3. The predicted octanol–water partition coefficient (Wildman–Crippen LogP) is 1.01. The van der Waals surface area contributed by atoms with Crippen LogP contribution >= 0.6 is 0 Å². The highest BCUT2D eigenvalue weighted by molar-refractivity contribution is 5.66. The van der Waals surface area contributed by atoms with Crippen LogP contribution in [0.2, 0.25) is 0 Å². The molecule has 1 unspecified atom stereocenters. The number of carboxylic acids is 1.